The Morgan fingerprint density at radius 3 is 2.64 bits per heavy atom. The van der Waals surface area contributed by atoms with E-state index in [2.05, 4.69) is 0 Å². The summed E-state index contributed by atoms with van der Waals surface area (Å²) in [4.78, 5) is 0. The molecule has 1 unspecified atom stereocenters. The fraction of sp³-hybridized carbons (Fsp3) is 1.00. The van der Waals surface area contributed by atoms with Gasteiger partial charge in [0, 0.05) is 0 Å². The lowest BCUT2D eigenvalue weighted by Gasteiger charge is -2.33. The van der Waals surface area contributed by atoms with E-state index in [9.17, 15) is 10.2 Å². The van der Waals surface area contributed by atoms with Crippen LogP contribution in [-0.2, 0) is 0 Å². The van der Waals surface area contributed by atoms with Crippen LogP contribution in [0.25, 0.3) is 0 Å². The third kappa shape index (κ3) is 1.70. The minimum absolute atomic E-state index is 0.329. The monoisotopic (exact) mass is 198 g/mol. The van der Waals surface area contributed by atoms with Crippen molar-refractivity contribution >= 4 is 0 Å². The third-order valence-electron chi connectivity index (χ3n) is 4.15. The van der Waals surface area contributed by atoms with Crippen molar-refractivity contribution in [1.29, 1.82) is 0 Å². The van der Waals surface area contributed by atoms with Crippen LogP contribution in [0.4, 0.5) is 0 Å². The largest absolute Gasteiger partial charge is 0.390 e. The van der Waals surface area contributed by atoms with Crippen LogP contribution in [0.5, 0.6) is 0 Å². The third-order valence-corrected chi connectivity index (χ3v) is 4.15. The van der Waals surface area contributed by atoms with Gasteiger partial charge in [0.15, 0.2) is 0 Å². The Morgan fingerprint density at radius 1 is 1.29 bits per heavy atom. The predicted molar refractivity (Wildman–Crippen MR) is 55.9 cm³/mol. The lowest BCUT2D eigenvalue weighted by Crippen LogP contribution is -2.39. The van der Waals surface area contributed by atoms with Gasteiger partial charge in [-0.15, -0.1) is 0 Å². The number of hydrogen-bond donors (Lipinski definition) is 2. The van der Waals surface area contributed by atoms with Crippen LogP contribution in [0.15, 0.2) is 0 Å². The van der Waals surface area contributed by atoms with Crippen LogP contribution in [0, 0.1) is 11.8 Å². The van der Waals surface area contributed by atoms with E-state index in [1.807, 2.05) is 13.8 Å². The number of fused-ring (bicyclic) bond motifs is 1. The van der Waals surface area contributed by atoms with E-state index in [4.69, 9.17) is 0 Å². The van der Waals surface area contributed by atoms with E-state index in [-0.39, 0.29) is 0 Å². The van der Waals surface area contributed by atoms with E-state index in [0.717, 1.165) is 25.7 Å². The molecule has 0 amide bonds. The molecular weight excluding hydrogens is 176 g/mol. The molecule has 0 aromatic carbocycles. The van der Waals surface area contributed by atoms with Gasteiger partial charge in [0.2, 0.25) is 0 Å². The molecule has 2 N–H and O–H groups in total. The van der Waals surface area contributed by atoms with Crippen LogP contribution in [0.1, 0.15) is 52.4 Å². The van der Waals surface area contributed by atoms with Gasteiger partial charge in [-0.2, -0.15) is 0 Å². The second-order valence-corrected chi connectivity index (χ2v) is 5.87. The average Bonchev–Trinajstić information content (AvgIpc) is 2.49. The molecule has 2 fully saturated rings. The molecule has 2 rings (SSSR count). The van der Waals surface area contributed by atoms with Crippen molar-refractivity contribution in [3.8, 4) is 0 Å². The van der Waals surface area contributed by atoms with Gasteiger partial charge in [-0.3, -0.25) is 0 Å². The smallest absolute Gasteiger partial charge is 0.0704 e. The Kier molecular flexibility index (Phi) is 2.39. The van der Waals surface area contributed by atoms with Gasteiger partial charge >= 0.3 is 0 Å². The van der Waals surface area contributed by atoms with Crippen molar-refractivity contribution in [2.45, 2.75) is 63.6 Å². The molecule has 2 nitrogen and oxygen atoms in total. The van der Waals surface area contributed by atoms with Gasteiger partial charge in [0.25, 0.3) is 0 Å². The molecule has 0 heterocycles. The van der Waals surface area contributed by atoms with Crippen LogP contribution in [-0.4, -0.2) is 21.4 Å². The molecule has 14 heavy (non-hydrogen) atoms. The van der Waals surface area contributed by atoms with Crippen LogP contribution in [0.3, 0.4) is 0 Å². The summed E-state index contributed by atoms with van der Waals surface area (Å²) in [5, 5.41) is 20.3. The standard InChI is InChI=1S/C12H22O2/c1-11(2,13)8-10-6-5-9-4-3-7-12(9,10)14/h9-10,13-14H,3-8H2,1-2H3/t9?,10-,12+/m0/s1. The normalized spacial score (nSPS) is 42.9. The minimum atomic E-state index is -0.627. The summed E-state index contributed by atoms with van der Waals surface area (Å²) in [6, 6.07) is 0. The fourth-order valence-corrected chi connectivity index (χ4v) is 3.55. The second-order valence-electron chi connectivity index (χ2n) is 5.87. The second kappa shape index (κ2) is 3.21. The molecule has 2 saturated carbocycles. The van der Waals surface area contributed by atoms with E-state index in [0.29, 0.717) is 11.8 Å². The van der Waals surface area contributed by atoms with E-state index in [1.165, 1.54) is 12.8 Å². The summed E-state index contributed by atoms with van der Waals surface area (Å²) in [6.07, 6.45) is 6.34. The zero-order chi connectivity index (χ0) is 10.4. The van der Waals surface area contributed by atoms with Crippen molar-refractivity contribution in [1.82, 2.24) is 0 Å². The van der Waals surface area contributed by atoms with Crippen molar-refractivity contribution in [2.75, 3.05) is 0 Å². The molecule has 2 aliphatic carbocycles. The van der Waals surface area contributed by atoms with Crippen molar-refractivity contribution in [3.05, 3.63) is 0 Å². The van der Waals surface area contributed by atoms with Gasteiger partial charge in [-0.1, -0.05) is 6.42 Å². The highest BCUT2D eigenvalue weighted by Gasteiger charge is 2.52. The van der Waals surface area contributed by atoms with E-state index in [1.54, 1.807) is 0 Å². The van der Waals surface area contributed by atoms with Crippen LogP contribution < -0.4 is 0 Å². The summed E-state index contributed by atoms with van der Waals surface area (Å²) in [5.74, 6) is 0.852. The molecule has 0 spiro atoms. The summed E-state index contributed by atoms with van der Waals surface area (Å²) in [7, 11) is 0. The van der Waals surface area contributed by atoms with Crippen LogP contribution in [0.2, 0.25) is 0 Å². The molecule has 2 heteroatoms. The Balaban J connectivity index is 2.07. The molecule has 0 aromatic rings. The van der Waals surface area contributed by atoms with Crippen molar-refractivity contribution in [2.24, 2.45) is 11.8 Å². The summed E-state index contributed by atoms with van der Waals surface area (Å²) >= 11 is 0. The zero-order valence-corrected chi connectivity index (χ0v) is 9.29. The molecule has 0 radical (unpaired) electrons. The SMILES string of the molecule is CC(C)(O)C[C@@H]1CCC2CCC[C@@]21O. The predicted octanol–water partition coefficient (Wildman–Crippen LogP) is 2.09. The molecular formula is C12H22O2. The fourth-order valence-electron chi connectivity index (χ4n) is 3.55. The molecule has 0 aromatic heterocycles. The Labute approximate surface area is 86.3 Å². The Bertz CT molecular complexity index is 219. The first-order chi connectivity index (χ1) is 6.42. The number of hydrogen-bond acceptors (Lipinski definition) is 2. The molecule has 0 bridgehead atoms. The summed E-state index contributed by atoms with van der Waals surface area (Å²) in [5.41, 5.74) is -1.06. The summed E-state index contributed by atoms with van der Waals surface area (Å²) in [6.45, 7) is 3.69. The molecule has 82 valence electrons. The summed E-state index contributed by atoms with van der Waals surface area (Å²) < 4.78 is 0. The molecule has 0 saturated heterocycles. The minimum Gasteiger partial charge on any atom is -0.390 e. The quantitative estimate of drug-likeness (QED) is 0.713. The van der Waals surface area contributed by atoms with Crippen molar-refractivity contribution in [3.63, 3.8) is 0 Å². The lowest BCUT2D eigenvalue weighted by atomic mass is 9.80. The molecule has 3 atom stereocenters. The van der Waals surface area contributed by atoms with E-state index >= 15 is 0 Å². The van der Waals surface area contributed by atoms with Crippen molar-refractivity contribution < 1.29 is 10.2 Å². The number of aliphatic hydroxyl groups is 2. The highest BCUT2D eigenvalue weighted by molar-refractivity contribution is 5.03. The first-order valence-corrected chi connectivity index (χ1v) is 5.86. The van der Waals surface area contributed by atoms with Gasteiger partial charge < -0.3 is 10.2 Å². The van der Waals surface area contributed by atoms with Gasteiger partial charge in [-0.05, 0) is 57.8 Å². The number of rotatable bonds is 2. The molecule has 2 aliphatic rings. The maximum Gasteiger partial charge on any atom is 0.0704 e. The van der Waals surface area contributed by atoms with Gasteiger partial charge in [-0.25, -0.2) is 0 Å². The Hall–Kier alpha value is -0.0800. The highest BCUT2D eigenvalue weighted by atomic mass is 16.3. The average molecular weight is 198 g/mol. The maximum atomic E-state index is 10.5. The highest BCUT2D eigenvalue weighted by Crippen LogP contribution is 2.52. The van der Waals surface area contributed by atoms with Gasteiger partial charge in [0.05, 0.1) is 11.2 Å². The van der Waals surface area contributed by atoms with Gasteiger partial charge in [0.1, 0.15) is 0 Å². The topological polar surface area (TPSA) is 40.5 Å². The first-order valence-electron chi connectivity index (χ1n) is 5.86. The first kappa shape index (κ1) is 10.4. The lowest BCUT2D eigenvalue weighted by molar-refractivity contribution is -0.0508. The van der Waals surface area contributed by atoms with E-state index < -0.39 is 11.2 Å². The maximum absolute atomic E-state index is 10.5. The zero-order valence-electron chi connectivity index (χ0n) is 9.29. The molecule has 0 aliphatic heterocycles. The Morgan fingerprint density at radius 2 is 2.00 bits per heavy atom. The van der Waals surface area contributed by atoms with Crippen LogP contribution >= 0.6 is 0 Å².